The summed E-state index contributed by atoms with van der Waals surface area (Å²) in [6.07, 6.45) is 5.47. The van der Waals surface area contributed by atoms with E-state index in [9.17, 15) is 0 Å². The fraction of sp³-hybridized carbons (Fsp3) is 1.00. The maximum atomic E-state index is 3.54. The molecule has 0 aromatic heterocycles. The Hall–Kier alpha value is -0.0800. The van der Waals surface area contributed by atoms with Crippen molar-refractivity contribution in [1.82, 2.24) is 10.2 Å². The Kier molecular flexibility index (Phi) is 5.77. The standard InChI is InChI=1S/C14H30N2/c1-13-8-11-16(12-13)10-7-5-6-9-15-14(2,3)4/h13,15H,5-12H2,1-4H3. The summed E-state index contributed by atoms with van der Waals surface area (Å²) >= 11 is 0. The van der Waals surface area contributed by atoms with Gasteiger partial charge in [0, 0.05) is 12.1 Å². The van der Waals surface area contributed by atoms with E-state index in [2.05, 4.69) is 37.9 Å². The first-order valence-electron chi connectivity index (χ1n) is 6.95. The highest BCUT2D eigenvalue weighted by Gasteiger charge is 2.17. The lowest BCUT2D eigenvalue weighted by atomic mass is 10.1. The lowest BCUT2D eigenvalue weighted by Crippen LogP contribution is -2.36. The first-order valence-corrected chi connectivity index (χ1v) is 6.95. The van der Waals surface area contributed by atoms with Gasteiger partial charge in [-0.05, 0) is 65.6 Å². The van der Waals surface area contributed by atoms with Crippen LogP contribution in [-0.4, -0.2) is 36.6 Å². The van der Waals surface area contributed by atoms with Gasteiger partial charge < -0.3 is 10.2 Å². The van der Waals surface area contributed by atoms with Gasteiger partial charge in [-0.2, -0.15) is 0 Å². The SMILES string of the molecule is CC1CCN(CCCCCNC(C)(C)C)C1. The smallest absolute Gasteiger partial charge is 0.00965 e. The molecule has 0 aromatic carbocycles. The third-order valence-corrected chi connectivity index (χ3v) is 3.31. The number of likely N-dealkylation sites (tertiary alicyclic amines) is 1. The topological polar surface area (TPSA) is 15.3 Å². The van der Waals surface area contributed by atoms with Crippen LogP contribution in [0.2, 0.25) is 0 Å². The molecule has 1 unspecified atom stereocenters. The minimum absolute atomic E-state index is 0.282. The van der Waals surface area contributed by atoms with Crippen molar-refractivity contribution in [2.24, 2.45) is 5.92 Å². The molecule has 16 heavy (non-hydrogen) atoms. The quantitative estimate of drug-likeness (QED) is 0.701. The van der Waals surface area contributed by atoms with Crippen LogP contribution >= 0.6 is 0 Å². The number of unbranched alkanes of at least 4 members (excludes halogenated alkanes) is 2. The van der Waals surface area contributed by atoms with Crippen LogP contribution in [0.4, 0.5) is 0 Å². The van der Waals surface area contributed by atoms with Gasteiger partial charge in [-0.15, -0.1) is 0 Å². The maximum absolute atomic E-state index is 3.54. The Morgan fingerprint density at radius 2 is 1.94 bits per heavy atom. The fourth-order valence-corrected chi connectivity index (χ4v) is 2.33. The average Bonchev–Trinajstić information content (AvgIpc) is 2.56. The Balaban J connectivity index is 1.89. The predicted octanol–water partition coefficient (Wildman–Crippen LogP) is 2.89. The Morgan fingerprint density at radius 1 is 1.19 bits per heavy atom. The van der Waals surface area contributed by atoms with Crippen molar-refractivity contribution < 1.29 is 0 Å². The van der Waals surface area contributed by atoms with Gasteiger partial charge >= 0.3 is 0 Å². The van der Waals surface area contributed by atoms with Crippen molar-refractivity contribution in [3.8, 4) is 0 Å². The summed E-state index contributed by atoms with van der Waals surface area (Å²) in [5.74, 6) is 0.933. The van der Waals surface area contributed by atoms with Gasteiger partial charge in [-0.25, -0.2) is 0 Å². The maximum Gasteiger partial charge on any atom is 0.00965 e. The summed E-state index contributed by atoms with van der Waals surface area (Å²) < 4.78 is 0. The van der Waals surface area contributed by atoms with Crippen LogP contribution in [0.15, 0.2) is 0 Å². The number of nitrogens with zero attached hydrogens (tertiary/aromatic N) is 1. The summed E-state index contributed by atoms with van der Waals surface area (Å²) in [6.45, 7) is 14.2. The van der Waals surface area contributed by atoms with Crippen molar-refractivity contribution in [2.75, 3.05) is 26.2 Å². The number of hydrogen-bond acceptors (Lipinski definition) is 2. The molecule has 1 rings (SSSR count). The molecule has 0 bridgehead atoms. The second-order valence-electron chi connectivity index (χ2n) is 6.43. The molecule has 0 saturated carbocycles. The molecule has 1 atom stereocenters. The van der Waals surface area contributed by atoms with E-state index in [4.69, 9.17) is 0 Å². The third-order valence-electron chi connectivity index (χ3n) is 3.31. The van der Waals surface area contributed by atoms with Crippen LogP contribution in [0.3, 0.4) is 0 Å². The van der Waals surface area contributed by atoms with Gasteiger partial charge in [0.1, 0.15) is 0 Å². The monoisotopic (exact) mass is 226 g/mol. The highest BCUT2D eigenvalue weighted by Crippen LogP contribution is 2.15. The molecular formula is C14H30N2. The molecule has 0 radical (unpaired) electrons. The predicted molar refractivity (Wildman–Crippen MR) is 71.8 cm³/mol. The third kappa shape index (κ3) is 6.49. The Morgan fingerprint density at radius 3 is 2.50 bits per heavy atom. The molecule has 1 aliphatic rings. The average molecular weight is 226 g/mol. The summed E-state index contributed by atoms with van der Waals surface area (Å²) in [5.41, 5.74) is 0.282. The normalized spacial score (nSPS) is 22.9. The van der Waals surface area contributed by atoms with Gasteiger partial charge in [0.2, 0.25) is 0 Å². The molecule has 0 aliphatic carbocycles. The molecule has 1 saturated heterocycles. The molecule has 1 N–H and O–H groups in total. The molecule has 1 heterocycles. The highest BCUT2D eigenvalue weighted by atomic mass is 15.1. The van der Waals surface area contributed by atoms with Gasteiger partial charge in [0.25, 0.3) is 0 Å². The van der Waals surface area contributed by atoms with Crippen molar-refractivity contribution in [3.05, 3.63) is 0 Å². The molecular weight excluding hydrogens is 196 g/mol. The van der Waals surface area contributed by atoms with E-state index in [-0.39, 0.29) is 5.54 Å². The summed E-state index contributed by atoms with van der Waals surface area (Å²) in [5, 5.41) is 3.54. The highest BCUT2D eigenvalue weighted by molar-refractivity contribution is 4.72. The molecule has 2 heteroatoms. The van der Waals surface area contributed by atoms with Crippen LogP contribution in [-0.2, 0) is 0 Å². The van der Waals surface area contributed by atoms with E-state index in [0.717, 1.165) is 5.92 Å². The summed E-state index contributed by atoms with van der Waals surface area (Å²) in [7, 11) is 0. The first-order chi connectivity index (χ1) is 7.47. The van der Waals surface area contributed by atoms with Crippen LogP contribution < -0.4 is 5.32 Å². The molecule has 96 valence electrons. The van der Waals surface area contributed by atoms with E-state index >= 15 is 0 Å². The van der Waals surface area contributed by atoms with Crippen LogP contribution in [0.1, 0.15) is 53.4 Å². The zero-order valence-electron chi connectivity index (χ0n) is 11.7. The Bertz CT molecular complexity index is 184. The second-order valence-corrected chi connectivity index (χ2v) is 6.43. The van der Waals surface area contributed by atoms with Crippen LogP contribution in [0.25, 0.3) is 0 Å². The number of hydrogen-bond donors (Lipinski definition) is 1. The van der Waals surface area contributed by atoms with Gasteiger partial charge in [0.15, 0.2) is 0 Å². The summed E-state index contributed by atoms with van der Waals surface area (Å²) in [4.78, 5) is 2.63. The van der Waals surface area contributed by atoms with E-state index in [0.29, 0.717) is 0 Å². The van der Waals surface area contributed by atoms with Crippen molar-refractivity contribution >= 4 is 0 Å². The zero-order valence-corrected chi connectivity index (χ0v) is 11.7. The molecule has 0 aromatic rings. The van der Waals surface area contributed by atoms with Gasteiger partial charge in [-0.3, -0.25) is 0 Å². The molecule has 2 nitrogen and oxygen atoms in total. The van der Waals surface area contributed by atoms with Crippen LogP contribution in [0.5, 0.6) is 0 Å². The lowest BCUT2D eigenvalue weighted by Gasteiger charge is -2.20. The van der Waals surface area contributed by atoms with Gasteiger partial charge in [0.05, 0.1) is 0 Å². The van der Waals surface area contributed by atoms with E-state index in [1.54, 1.807) is 0 Å². The van der Waals surface area contributed by atoms with Gasteiger partial charge in [-0.1, -0.05) is 13.3 Å². The van der Waals surface area contributed by atoms with E-state index in [1.807, 2.05) is 0 Å². The van der Waals surface area contributed by atoms with Crippen molar-refractivity contribution in [1.29, 1.82) is 0 Å². The number of rotatable bonds is 6. The Labute approximate surface area is 102 Å². The first kappa shape index (κ1) is 14.0. The molecule has 0 amide bonds. The molecule has 1 fully saturated rings. The minimum Gasteiger partial charge on any atom is -0.312 e. The minimum atomic E-state index is 0.282. The van der Waals surface area contributed by atoms with Crippen molar-refractivity contribution in [2.45, 2.75) is 58.9 Å². The molecule has 1 aliphatic heterocycles. The van der Waals surface area contributed by atoms with E-state index < -0.39 is 0 Å². The second kappa shape index (κ2) is 6.61. The summed E-state index contributed by atoms with van der Waals surface area (Å²) in [6, 6.07) is 0. The zero-order chi connectivity index (χ0) is 12.0. The van der Waals surface area contributed by atoms with E-state index in [1.165, 1.54) is 51.9 Å². The number of nitrogens with one attached hydrogen (secondary N) is 1. The fourth-order valence-electron chi connectivity index (χ4n) is 2.33. The van der Waals surface area contributed by atoms with Crippen LogP contribution in [0, 0.1) is 5.92 Å². The molecule has 0 spiro atoms. The lowest BCUT2D eigenvalue weighted by molar-refractivity contribution is 0.316. The van der Waals surface area contributed by atoms with Crippen molar-refractivity contribution in [3.63, 3.8) is 0 Å². The largest absolute Gasteiger partial charge is 0.312 e.